The summed E-state index contributed by atoms with van der Waals surface area (Å²) in [5.74, 6) is -1.60. The highest BCUT2D eigenvalue weighted by Gasteiger charge is 2.37. The molecule has 0 aromatic heterocycles. The van der Waals surface area contributed by atoms with E-state index < -0.39 is 17.8 Å². The molecular formula is C23H26N2O4. The number of amides is 2. The minimum absolute atomic E-state index is 0.0929. The van der Waals surface area contributed by atoms with Crippen LogP contribution in [0.15, 0.2) is 42.5 Å². The Morgan fingerprint density at radius 1 is 1.14 bits per heavy atom. The molecular weight excluding hydrogens is 368 g/mol. The molecule has 6 heteroatoms. The van der Waals surface area contributed by atoms with Gasteiger partial charge in [0.1, 0.15) is 0 Å². The summed E-state index contributed by atoms with van der Waals surface area (Å²) in [5.41, 5.74) is 4.75. The summed E-state index contributed by atoms with van der Waals surface area (Å²) in [6.07, 6.45) is 0.892. The molecule has 0 radical (unpaired) electrons. The van der Waals surface area contributed by atoms with Crippen LogP contribution in [-0.4, -0.2) is 30.9 Å². The third-order valence-electron chi connectivity index (χ3n) is 5.26. The molecule has 3 rings (SSSR count). The molecule has 152 valence electrons. The van der Waals surface area contributed by atoms with Gasteiger partial charge in [0.25, 0.3) is 5.91 Å². The fourth-order valence-corrected chi connectivity index (χ4v) is 3.44. The molecule has 1 heterocycles. The van der Waals surface area contributed by atoms with Crippen molar-refractivity contribution >= 4 is 29.2 Å². The summed E-state index contributed by atoms with van der Waals surface area (Å²) in [4.78, 5) is 38.6. The Hall–Kier alpha value is -3.15. The van der Waals surface area contributed by atoms with Crippen LogP contribution in [0.25, 0.3) is 0 Å². The second-order valence-corrected chi connectivity index (χ2v) is 7.34. The summed E-state index contributed by atoms with van der Waals surface area (Å²) in [5, 5.41) is 2.72. The van der Waals surface area contributed by atoms with E-state index in [0.29, 0.717) is 5.69 Å². The Morgan fingerprint density at radius 3 is 2.62 bits per heavy atom. The third-order valence-corrected chi connectivity index (χ3v) is 5.26. The van der Waals surface area contributed by atoms with Crippen LogP contribution in [0, 0.1) is 19.8 Å². The van der Waals surface area contributed by atoms with E-state index in [0.717, 1.165) is 28.8 Å². The van der Waals surface area contributed by atoms with Gasteiger partial charge in [-0.1, -0.05) is 31.2 Å². The smallest absolute Gasteiger partial charge is 0.311 e. The lowest BCUT2D eigenvalue weighted by Crippen LogP contribution is -2.28. The van der Waals surface area contributed by atoms with Crippen LogP contribution in [0.1, 0.15) is 30.0 Å². The number of ether oxygens (including phenoxy) is 1. The predicted molar refractivity (Wildman–Crippen MR) is 112 cm³/mol. The zero-order valence-electron chi connectivity index (χ0n) is 17.0. The van der Waals surface area contributed by atoms with Crippen molar-refractivity contribution < 1.29 is 19.1 Å². The van der Waals surface area contributed by atoms with Gasteiger partial charge in [0, 0.05) is 24.3 Å². The molecule has 1 fully saturated rings. The number of rotatable bonds is 6. The molecule has 6 nitrogen and oxygen atoms in total. The Balaban J connectivity index is 1.55. The summed E-state index contributed by atoms with van der Waals surface area (Å²) in [6, 6.07) is 13.3. The summed E-state index contributed by atoms with van der Waals surface area (Å²) in [6.45, 7) is 5.88. The largest absolute Gasteiger partial charge is 0.455 e. The average molecular weight is 394 g/mol. The normalized spacial score (nSPS) is 16.0. The van der Waals surface area contributed by atoms with E-state index in [4.69, 9.17) is 4.74 Å². The predicted octanol–water partition coefficient (Wildman–Crippen LogP) is 3.40. The van der Waals surface area contributed by atoms with Crippen LogP contribution >= 0.6 is 0 Å². The Kier molecular flexibility index (Phi) is 6.32. The van der Waals surface area contributed by atoms with E-state index in [1.54, 1.807) is 11.0 Å². The number of nitrogens with zero attached hydrogens (tertiary/aromatic N) is 1. The van der Waals surface area contributed by atoms with Gasteiger partial charge in [-0.3, -0.25) is 14.4 Å². The molecule has 1 N–H and O–H groups in total. The van der Waals surface area contributed by atoms with E-state index >= 15 is 0 Å². The number of esters is 1. The number of carbonyl (C=O) groups excluding carboxylic acids is 3. The lowest BCUT2D eigenvalue weighted by atomic mass is 10.1. The standard InChI is InChI=1S/C23H26N2O4/c1-4-17-7-5-6-8-20(17)25-13-18(12-22(25)27)23(28)29-14-21(26)24-19-10-9-15(2)16(3)11-19/h5-11,18H,4,12-14H2,1-3H3,(H,24,26)/t18-/m0/s1. The van der Waals surface area contributed by atoms with E-state index in [2.05, 4.69) is 5.32 Å². The quantitative estimate of drug-likeness (QED) is 0.762. The third kappa shape index (κ3) is 4.83. The fourth-order valence-electron chi connectivity index (χ4n) is 3.44. The zero-order valence-corrected chi connectivity index (χ0v) is 17.0. The number of para-hydroxylation sites is 1. The van der Waals surface area contributed by atoms with Gasteiger partial charge < -0.3 is 15.0 Å². The summed E-state index contributed by atoms with van der Waals surface area (Å²) < 4.78 is 5.17. The molecule has 1 saturated heterocycles. The SMILES string of the molecule is CCc1ccccc1N1C[C@@H](C(=O)OCC(=O)Nc2ccc(C)c(C)c2)CC1=O. The van der Waals surface area contributed by atoms with E-state index in [1.165, 1.54) is 0 Å². The fraction of sp³-hybridized carbons (Fsp3) is 0.348. The van der Waals surface area contributed by atoms with E-state index in [-0.39, 0.29) is 25.5 Å². The number of carbonyl (C=O) groups is 3. The van der Waals surface area contributed by atoms with Gasteiger partial charge in [-0.15, -0.1) is 0 Å². The van der Waals surface area contributed by atoms with E-state index in [1.807, 2.05) is 57.2 Å². The average Bonchev–Trinajstić information content (AvgIpc) is 3.10. The van der Waals surface area contributed by atoms with Gasteiger partial charge in [-0.25, -0.2) is 0 Å². The number of hydrogen-bond donors (Lipinski definition) is 1. The van der Waals surface area contributed by atoms with Gasteiger partial charge in [-0.05, 0) is 55.2 Å². The second kappa shape index (κ2) is 8.90. The van der Waals surface area contributed by atoms with Crippen LogP contribution in [0.2, 0.25) is 0 Å². The van der Waals surface area contributed by atoms with Crippen molar-refractivity contribution in [3.05, 3.63) is 59.2 Å². The molecule has 1 aliphatic heterocycles. The van der Waals surface area contributed by atoms with Crippen LogP contribution in [0.5, 0.6) is 0 Å². The first-order valence-electron chi connectivity index (χ1n) is 9.81. The van der Waals surface area contributed by atoms with Crippen LogP contribution in [-0.2, 0) is 25.5 Å². The molecule has 2 amide bonds. The Bertz CT molecular complexity index is 938. The second-order valence-electron chi connectivity index (χ2n) is 7.34. The van der Waals surface area contributed by atoms with Crippen molar-refractivity contribution in [3.63, 3.8) is 0 Å². The maximum Gasteiger partial charge on any atom is 0.311 e. The molecule has 1 atom stereocenters. The lowest BCUT2D eigenvalue weighted by molar-refractivity contribution is -0.151. The van der Waals surface area contributed by atoms with Gasteiger partial charge in [-0.2, -0.15) is 0 Å². The molecule has 2 aromatic rings. The number of hydrogen-bond acceptors (Lipinski definition) is 4. The summed E-state index contributed by atoms with van der Waals surface area (Å²) in [7, 11) is 0. The van der Waals surface area contributed by atoms with Crippen molar-refractivity contribution in [1.29, 1.82) is 0 Å². The van der Waals surface area contributed by atoms with Crippen molar-refractivity contribution in [2.75, 3.05) is 23.4 Å². The molecule has 0 unspecified atom stereocenters. The Morgan fingerprint density at radius 2 is 1.90 bits per heavy atom. The lowest BCUT2D eigenvalue weighted by Gasteiger charge is -2.19. The minimum Gasteiger partial charge on any atom is -0.455 e. The van der Waals surface area contributed by atoms with Gasteiger partial charge in [0.15, 0.2) is 6.61 Å². The molecule has 0 spiro atoms. The van der Waals surface area contributed by atoms with Crippen LogP contribution in [0.4, 0.5) is 11.4 Å². The Labute approximate surface area is 170 Å². The zero-order chi connectivity index (χ0) is 21.0. The first-order chi connectivity index (χ1) is 13.9. The topological polar surface area (TPSA) is 75.7 Å². The number of nitrogens with one attached hydrogen (secondary N) is 1. The highest BCUT2D eigenvalue weighted by atomic mass is 16.5. The molecule has 29 heavy (non-hydrogen) atoms. The highest BCUT2D eigenvalue weighted by molar-refractivity contribution is 6.00. The minimum atomic E-state index is -0.568. The maximum atomic E-state index is 12.4. The van der Waals surface area contributed by atoms with Crippen molar-refractivity contribution in [2.24, 2.45) is 5.92 Å². The molecule has 2 aromatic carbocycles. The maximum absolute atomic E-state index is 12.4. The molecule has 1 aliphatic rings. The molecule has 0 aliphatic carbocycles. The summed E-state index contributed by atoms with van der Waals surface area (Å²) >= 11 is 0. The van der Waals surface area contributed by atoms with E-state index in [9.17, 15) is 14.4 Å². The van der Waals surface area contributed by atoms with Crippen molar-refractivity contribution in [2.45, 2.75) is 33.6 Å². The van der Waals surface area contributed by atoms with Crippen molar-refractivity contribution in [3.8, 4) is 0 Å². The van der Waals surface area contributed by atoms with Gasteiger partial charge in [0.05, 0.1) is 5.92 Å². The number of anilines is 2. The number of aryl methyl sites for hydroxylation is 3. The molecule has 0 bridgehead atoms. The molecule has 0 saturated carbocycles. The van der Waals surface area contributed by atoms with Crippen LogP contribution in [0.3, 0.4) is 0 Å². The number of benzene rings is 2. The van der Waals surface area contributed by atoms with Gasteiger partial charge in [0.2, 0.25) is 5.91 Å². The van der Waals surface area contributed by atoms with Gasteiger partial charge >= 0.3 is 5.97 Å². The first-order valence-corrected chi connectivity index (χ1v) is 9.81. The highest BCUT2D eigenvalue weighted by Crippen LogP contribution is 2.29. The first kappa shape index (κ1) is 20.6. The monoisotopic (exact) mass is 394 g/mol. The van der Waals surface area contributed by atoms with Crippen LogP contribution < -0.4 is 10.2 Å². The van der Waals surface area contributed by atoms with Crippen molar-refractivity contribution in [1.82, 2.24) is 0 Å².